The summed E-state index contributed by atoms with van der Waals surface area (Å²) in [6, 6.07) is 6.41. The summed E-state index contributed by atoms with van der Waals surface area (Å²) in [6.45, 7) is 4.09. The zero-order valence-corrected chi connectivity index (χ0v) is 30.7. The number of unbranched alkanes of at least 4 members (excludes halogenated alkanes) is 7. The maximum atomic E-state index is 14.0. The highest BCUT2D eigenvalue weighted by Gasteiger charge is 2.33. The molecule has 0 saturated carbocycles. The number of carbonyl (C=O) groups excluding carboxylic acids is 4. The van der Waals surface area contributed by atoms with Crippen LogP contribution in [0.25, 0.3) is 11.1 Å². The van der Waals surface area contributed by atoms with Crippen LogP contribution in [0.4, 0.5) is 0 Å². The van der Waals surface area contributed by atoms with Gasteiger partial charge in [-0.1, -0.05) is 64.0 Å². The lowest BCUT2D eigenvalue weighted by atomic mass is 9.93. The van der Waals surface area contributed by atoms with Crippen molar-refractivity contribution in [1.82, 2.24) is 20.9 Å². The van der Waals surface area contributed by atoms with Gasteiger partial charge in [-0.2, -0.15) is 0 Å². The lowest BCUT2D eigenvalue weighted by molar-refractivity contribution is -0.143. The second-order valence-electron chi connectivity index (χ2n) is 13.1. The summed E-state index contributed by atoms with van der Waals surface area (Å²) in [7, 11) is 1.44. The van der Waals surface area contributed by atoms with Crippen molar-refractivity contribution in [2.75, 3.05) is 39.9 Å². The Bertz CT molecular complexity index is 1520. The Hall–Kier alpha value is -4.69. The summed E-state index contributed by atoms with van der Waals surface area (Å²) in [5, 5.41) is 17.8. The molecule has 0 aliphatic carbocycles. The quantitative estimate of drug-likeness (QED) is 0.117. The molecule has 8 N–H and O–H groups in total. The van der Waals surface area contributed by atoms with E-state index in [4.69, 9.17) is 20.9 Å². The Labute approximate surface area is 306 Å². The number of nitrogens with two attached hydrogens (primary N) is 2. The molecule has 14 heteroatoms. The molecule has 286 valence electrons. The van der Waals surface area contributed by atoms with Gasteiger partial charge in [0.25, 0.3) is 0 Å². The van der Waals surface area contributed by atoms with Gasteiger partial charge in [-0.3, -0.25) is 19.2 Å². The molecule has 4 bridgehead atoms. The summed E-state index contributed by atoms with van der Waals surface area (Å²) >= 11 is 0. The van der Waals surface area contributed by atoms with E-state index in [1.54, 1.807) is 36.4 Å². The van der Waals surface area contributed by atoms with E-state index in [9.17, 15) is 29.1 Å². The predicted molar refractivity (Wildman–Crippen MR) is 198 cm³/mol. The minimum Gasteiger partial charge on any atom is -0.492 e. The molecule has 2 unspecified atom stereocenters. The Balaban J connectivity index is 1.97. The zero-order chi connectivity index (χ0) is 38.0. The smallest absolute Gasteiger partial charge is 0.326 e. The van der Waals surface area contributed by atoms with E-state index in [1.807, 2.05) is 0 Å². The maximum absolute atomic E-state index is 14.0. The molecule has 3 atom stereocenters. The van der Waals surface area contributed by atoms with Crippen molar-refractivity contribution in [2.24, 2.45) is 11.5 Å². The Morgan fingerprint density at radius 3 is 2.08 bits per heavy atom. The molecule has 14 nitrogen and oxygen atoms in total. The van der Waals surface area contributed by atoms with Crippen LogP contribution in [0, 0.1) is 0 Å². The first-order valence-corrected chi connectivity index (χ1v) is 18.3. The van der Waals surface area contributed by atoms with Crippen LogP contribution in [0.5, 0.6) is 11.5 Å². The molecule has 52 heavy (non-hydrogen) atoms. The fourth-order valence-electron chi connectivity index (χ4n) is 6.02. The number of nitrogens with zero attached hydrogens (tertiary/aromatic N) is 1. The van der Waals surface area contributed by atoms with E-state index < -0.39 is 41.8 Å². The van der Waals surface area contributed by atoms with Gasteiger partial charge >= 0.3 is 5.97 Å². The van der Waals surface area contributed by atoms with Crippen LogP contribution in [0.2, 0.25) is 0 Å². The summed E-state index contributed by atoms with van der Waals surface area (Å²) in [5.41, 5.74) is 13.5. The van der Waals surface area contributed by atoms with Gasteiger partial charge in [0.15, 0.2) is 0 Å². The third-order valence-electron chi connectivity index (χ3n) is 8.93. The monoisotopic (exact) mass is 724 g/mol. The standard InChI is InChI=1S/C38H56N6O8/c1-4-5-6-7-8-9-10-11-12-33(45)41-24-34(46)44(3)35-27-14-16-32(52-20-18-40)29(23-27)28-21-26(13-15-31(28)51-19-17-39)22-30(38(49)50)43-36(47)25(2)42-37(35)48/h13-16,21,23,25,30,35H,4-12,17-20,22,24,39-40H2,1-3H3,(H,41,45)(H,42,48)(H,43,47)(H,49,50)/t25-,30?,35?/m0/s1. The molecular formula is C38H56N6O8. The topological polar surface area (TPSA) is 215 Å². The number of likely N-dealkylation sites (N-methyl/N-ethyl adjacent to an activating group) is 1. The summed E-state index contributed by atoms with van der Waals surface area (Å²) in [4.78, 5) is 66.8. The van der Waals surface area contributed by atoms with E-state index >= 15 is 0 Å². The third-order valence-corrected chi connectivity index (χ3v) is 8.93. The van der Waals surface area contributed by atoms with Crippen LogP contribution in [-0.4, -0.2) is 91.6 Å². The fraction of sp³-hybridized carbons (Fsp3) is 0.553. The number of carbonyl (C=O) groups is 5. The molecule has 2 aromatic carbocycles. The highest BCUT2D eigenvalue weighted by Crippen LogP contribution is 2.40. The van der Waals surface area contributed by atoms with Crippen molar-refractivity contribution >= 4 is 29.6 Å². The van der Waals surface area contributed by atoms with Gasteiger partial charge in [0.05, 0.1) is 6.54 Å². The number of fused-ring (bicyclic) bond motifs is 5. The van der Waals surface area contributed by atoms with Crippen molar-refractivity contribution in [2.45, 2.75) is 96.2 Å². The van der Waals surface area contributed by atoms with E-state index in [-0.39, 0.29) is 45.2 Å². The van der Waals surface area contributed by atoms with Gasteiger partial charge in [-0.05, 0) is 48.7 Å². The number of carboxylic acid groups (broad SMARTS) is 1. The Morgan fingerprint density at radius 1 is 0.865 bits per heavy atom. The maximum Gasteiger partial charge on any atom is 0.326 e. The largest absolute Gasteiger partial charge is 0.492 e. The molecule has 0 fully saturated rings. The van der Waals surface area contributed by atoms with E-state index in [0.717, 1.165) is 25.7 Å². The van der Waals surface area contributed by atoms with Crippen LogP contribution in [0.15, 0.2) is 36.4 Å². The number of ether oxygens (including phenoxy) is 2. The number of amides is 4. The van der Waals surface area contributed by atoms with Gasteiger partial charge in [-0.25, -0.2) is 4.79 Å². The molecule has 3 rings (SSSR count). The second kappa shape index (κ2) is 21.6. The first kappa shape index (κ1) is 41.7. The number of hydrogen-bond acceptors (Lipinski definition) is 9. The predicted octanol–water partition coefficient (Wildman–Crippen LogP) is 2.81. The number of benzene rings is 2. The lowest BCUT2D eigenvalue weighted by Crippen LogP contribution is -2.53. The third kappa shape index (κ3) is 12.5. The molecule has 0 saturated heterocycles. The molecule has 0 radical (unpaired) electrons. The number of carboxylic acids is 1. The van der Waals surface area contributed by atoms with Crippen molar-refractivity contribution in [3.8, 4) is 22.6 Å². The number of aliphatic carboxylic acids is 1. The molecule has 4 amide bonds. The highest BCUT2D eigenvalue weighted by atomic mass is 16.5. The number of rotatable bonds is 19. The average molecular weight is 725 g/mol. The highest BCUT2D eigenvalue weighted by molar-refractivity contribution is 5.95. The SMILES string of the molecule is CCCCCCCCCCC(=O)NCC(=O)N(C)C1C(=O)N[C@@H](C)C(=O)NC(C(=O)O)Cc2ccc(OCCN)c(c2)-c2cc1ccc2OCCN. The summed E-state index contributed by atoms with van der Waals surface area (Å²) < 4.78 is 12.0. The van der Waals surface area contributed by atoms with Gasteiger partial charge < -0.3 is 46.9 Å². The van der Waals surface area contributed by atoms with Crippen LogP contribution in [0.3, 0.4) is 0 Å². The molecule has 0 spiro atoms. The van der Waals surface area contributed by atoms with Gasteiger partial charge in [0.1, 0.15) is 42.8 Å². The number of nitrogens with one attached hydrogen (secondary N) is 3. The van der Waals surface area contributed by atoms with E-state index in [0.29, 0.717) is 40.2 Å². The first-order valence-electron chi connectivity index (χ1n) is 18.3. The molecule has 1 aliphatic rings. The van der Waals surface area contributed by atoms with Gasteiger partial charge in [0.2, 0.25) is 23.6 Å². The van der Waals surface area contributed by atoms with Gasteiger partial charge in [-0.15, -0.1) is 0 Å². The normalized spacial score (nSPS) is 17.3. The lowest BCUT2D eigenvalue weighted by Gasteiger charge is -2.30. The molecular weight excluding hydrogens is 668 g/mol. The van der Waals surface area contributed by atoms with Crippen molar-refractivity contribution in [3.63, 3.8) is 0 Å². The van der Waals surface area contributed by atoms with Crippen LogP contribution in [0.1, 0.15) is 88.8 Å². The fourth-order valence-corrected chi connectivity index (χ4v) is 6.02. The molecule has 0 aromatic heterocycles. The Morgan fingerprint density at radius 2 is 1.46 bits per heavy atom. The van der Waals surface area contributed by atoms with Crippen molar-refractivity contribution in [3.05, 3.63) is 47.5 Å². The minimum atomic E-state index is -1.31. The molecule has 2 aromatic rings. The molecule has 1 aliphatic heterocycles. The van der Waals surface area contributed by atoms with E-state index in [1.165, 1.54) is 44.6 Å². The zero-order valence-electron chi connectivity index (χ0n) is 30.7. The summed E-state index contributed by atoms with van der Waals surface area (Å²) in [5.74, 6) is -2.62. The first-order chi connectivity index (χ1) is 25.0. The van der Waals surface area contributed by atoms with Crippen molar-refractivity contribution in [1.29, 1.82) is 0 Å². The minimum absolute atomic E-state index is 0.0603. The second-order valence-corrected chi connectivity index (χ2v) is 13.1. The van der Waals surface area contributed by atoms with Gasteiger partial charge in [0, 0.05) is 44.1 Å². The number of hydrogen-bond donors (Lipinski definition) is 6. The van der Waals surface area contributed by atoms with E-state index in [2.05, 4.69) is 22.9 Å². The van der Waals surface area contributed by atoms with Crippen LogP contribution in [-0.2, 0) is 30.4 Å². The Kier molecular flexibility index (Phi) is 17.4. The van der Waals surface area contributed by atoms with Crippen LogP contribution < -0.4 is 36.9 Å². The van der Waals surface area contributed by atoms with Crippen molar-refractivity contribution < 1.29 is 38.6 Å². The van der Waals surface area contributed by atoms with Crippen LogP contribution >= 0.6 is 0 Å². The molecule has 1 heterocycles. The summed E-state index contributed by atoms with van der Waals surface area (Å²) in [6.07, 6.45) is 8.95. The average Bonchev–Trinajstić information content (AvgIpc) is 3.12.